The number of hydrogen-bond acceptors (Lipinski definition) is 2. The van der Waals surface area contributed by atoms with E-state index in [1.54, 1.807) is 6.07 Å². The summed E-state index contributed by atoms with van der Waals surface area (Å²) in [6.07, 6.45) is 1.34. The Kier molecular flexibility index (Phi) is 3.33. The lowest BCUT2D eigenvalue weighted by atomic mass is 9.94. The quantitative estimate of drug-likeness (QED) is 0.902. The molecule has 0 bridgehead atoms. The molecule has 1 N–H and O–H groups in total. The third-order valence-electron chi connectivity index (χ3n) is 3.06. The topological polar surface area (TPSA) is 23.5 Å². The van der Waals surface area contributed by atoms with Crippen molar-refractivity contribution in [3.05, 3.63) is 34.1 Å². The van der Waals surface area contributed by atoms with Gasteiger partial charge in [0.15, 0.2) is 0 Å². The smallest absolute Gasteiger partial charge is 0.124 e. The van der Waals surface area contributed by atoms with Crippen LogP contribution in [0.25, 0.3) is 0 Å². The first-order chi connectivity index (χ1) is 7.48. The molecule has 0 aromatic heterocycles. The fraction of sp³-hybridized carbons (Fsp3) is 0.500. The molecule has 16 heavy (non-hydrogen) atoms. The van der Waals surface area contributed by atoms with E-state index in [0.717, 1.165) is 23.0 Å². The lowest BCUT2D eigenvalue weighted by Gasteiger charge is -2.23. The third-order valence-corrected chi connectivity index (χ3v) is 3.80. The summed E-state index contributed by atoms with van der Waals surface area (Å²) in [6, 6.07) is 4.61. The van der Waals surface area contributed by atoms with Crippen LogP contribution < -0.4 is 0 Å². The summed E-state index contributed by atoms with van der Waals surface area (Å²) in [4.78, 5) is 2.11. The second-order valence-electron chi connectivity index (χ2n) is 4.62. The summed E-state index contributed by atoms with van der Waals surface area (Å²) in [7, 11) is 2.00. The Morgan fingerprint density at radius 2 is 2.31 bits per heavy atom. The van der Waals surface area contributed by atoms with Gasteiger partial charge in [0.2, 0.25) is 0 Å². The predicted octanol–water partition coefficient (Wildman–Crippen LogP) is 2.20. The highest BCUT2D eigenvalue weighted by Gasteiger charge is 2.34. The maximum Gasteiger partial charge on any atom is 0.124 e. The fourth-order valence-electron chi connectivity index (χ4n) is 2.22. The molecule has 0 radical (unpaired) electrons. The molecule has 1 aliphatic heterocycles. The van der Waals surface area contributed by atoms with Crippen molar-refractivity contribution in [3.8, 4) is 0 Å². The van der Waals surface area contributed by atoms with Crippen molar-refractivity contribution in [3.63, 3.8) is 0 Å². The molecule has 0 saturated carbocycles. The summed E-state index contributed by atoms with van der Waals surface area (Å²) >= 11 is 3.33. The SMILES string of the molecule is CN1CCC(O)(Cc2ccc(F)cc2Br)C1. The van der Waals surface area contributed by atoms with Crippen molar-refractivity contribution in [2.24, 2.45) is 0 Å². The number of nitrogens with zero attached hydrogens (tertiary/aromatic N) is 1. The van der Waals surface area contributed by atoms with E-state index in [1.165, 1.54) is 12.1 Å². The maximum absolute atomic E-state index is 12.9. The number of aliphatic hydroxyl groups is 1. The first-order valence-electron chi connectivity index (χ1n) is 5.33. The van der Waals surface area contributed by atoms with Gasteiger partial charge in [0.05, 0.1) is 5.60 Å². The average molecular weight is 288 g/mol. The summed E-state index contributed by atoms with van der Waals surface area (Å²) in [5.41, 5.74) is 0.286. The summed E-state index contributed by atoms with van der Waals surface area (Å²) < 4.78 is 13.6. The highest BCUT2D eigenvalue weighted by atomic mass is 79.9. The molecule has 1 aromatic rings. The van der Waals surface area contributed by atoms with Gasteiger partial charge in [0.25, 0.3) is 0 Å². The predicted molar refractivity (Wildman–Crippen MR) is 64.9 cm³/mol. The van der Waals surface area contributed by atoms with Gasteiger partial charge in [0.1, 0.15) is 5.82 Å². The Morgan fingerprint density at radius 3 is 2.88 bits per heavy atom. The molecule has 0 aliphatic carbocycles. The van der Waals surface area contributed by atoms with Crippen molar-refractivity contribution < 1.29 is 9.50 Å². The van der Waals surface area contributed by atoms with E-state index in [2.05, 4.69) is 20.8 Å². The Bertz CT molecular complexity index is 399. The molecule has 1 aromatic carbocycles. The summed E-state index contributed by atoms with van der Waals surface area (Å²) in [5, 5.41) is 10.4. The summed E-state index contributed by atoms with van der Waals surface area (Å²) in [5.74, 6) is -0.258. The van der Waals surface area contributed by atoms with Crippen LogP contribution >= 0.6 is 15.9 Å². The van der Waals surface area contributed by atoms with Gasteiger partial charge in [-0.2, -0.15) is 0 Å². The number of rotatable bonds is 2. The maximum atomic E-state index is 12.9. The van der Waals surface area contributed by atoms with Crippen molar-refractivity contribution in [1.82, 2.24) is 4.90 Å². The van der Waals surface area contributed by atoms with Gasteiger partial charge >= 0.3 is 0 Å². The fourth-order valence-corrected chi connectivity index (χ4v) is 2.71. The molecule has 2 nitrogen and oxygen atoms in total. The normalized spacial score (nSPS) is 26.2. The minimum Gasteiger partial charge on any atom is -0.388 e. The van der Waals surface area contributed by atoms with E-state index in [-0.39, 0.29) is 5.82 Å². The zero-order chi connectivity index (χ0) is 11.8. The van der Waals surface area contributed by atoms with Crippen LogP contribution in [0.2, 0.25) is 0 Å². The number of benzene rings is 1. The molecule has 1 heterocycles. The third kappa shape index (κ3) is 2.62. The van der Waals surface area contributed by atoms with Crippen molar-refractivity contribution in [2.45, 2.75) is 18.4 Å². The van der Waals surface area contributed by atoms with Crippen LogP contribution in [0.15, 0.2) is 22.7 Å². The molecule has 1 aliphatic rings. The molecular weight excluding hydrogens is 273 g/mol. The highest BCUT2D eigenvalue weighted by Crippen LogP contribution is 2.28. The van der Waals surface area contributed by atoms with E-state index in [1.807, 2.05) is 7.05 Å². The standard InChI is InChI=1S/C12H15BrFNO/c1-15-5-4-12(16,8-15)7-9-2-3-10(14)6-11(9)13/h2-3,6,16H,4-5,7-8H2,1H3. The van der Waals surface area contributed by atoms with Crippen molar-refractivity contribution in [2.75, 3.05) is 20.1 Å². The molecular formula is C12H15BrFNO. The van der Waals surface area contributed by atoms with Crippen LogP contribution in [0.1, 0.15) is 12.0 Å². The molecule has 0 spiro atoms. The second kappa shape index (κ2) is 4.43. The molecule has 0 amide bonds. The van der Waals surface area contributed by atoms with Gasteiger partial charge in [-0.25, -0.2) is 4.39 Å². The number of halogens is 2. The van der Waals surface area contributed by atoms with E-state index >= 15 is 0 Å². The number of hydrogen-bond donors (Lipinski definition) is 1. The Labute approximate surface area is 103 Å². The monoisotopic (exact) mass is 287 g/mol. The first-order valence-corrected chi connectivity index (χ1v) is 6.13. The zero-order valence-corrected chi connectivity index (χ0v) is 10.8. The van der Waals surface area contributed by atoms with Crippen molar-refractivity contribution >= 4 is 15.9 Å². The van der Waals surface area contributed by atoms with Crippen LogP contribution in [0.3, 0.4) is 0 Å². The number of likely N-dealkylation sites (N-methyl/N-ethyl adjacent to an activating group) is 1. The van der Waals surface area contributed by atoms with Gasteiger partial charge < -0.3 is 10.0 Å². The Morgan fingerprint density at radius 1 is 1.56 bits per heavy atom. The van der Waals surface area contributed by atoms with E-state index < -0.39 is 5.60 Å². The minimum atomic E-state index is -0.672. The number of β-amino-alcohol motifs (C(OH)–C–C–N with tert-alkyl or cyclic N) is 1. The van der Waals surface area contributed by atoms with Crippen LogP contribution in [-0.4, -0.2) is 35.7 Å². The van der Waals surface area contributed by atoms with Crippen LogP contribution in [0.4, 0.5) is 4.39 Å². The molecule has 1 unspecified atom stereocenters. The molecule has 1 saturated heterocycles. The van der Waals surface area contributed by atoms with E-state index in [4.69, 9.17) is 0 Å². The largest absolute Gasteiger partial charge is 0.388 e. The zero-order valence-electron chi connectivity index (χ0n) is 9.21. The van der Waals surface area contributed by atoms with Gasteiger partial charge in [0, 0.05) is 24.0 Å². The van der Waals surface area contributed by atoms with Crippen LogP contribution in [0, 0.1) is 5.82 Å². The molecule has 1 atom stereocenters. The van der Waals surface area contributed by atoms with E-state index in [0.29, 0.717) is 13.0 Å². The first kappa shape index (κ1) is 12.0. The van der Waals surface area contributed by atoms with Gasteiger partial charge in [-0.15, -0.1) is 0 Å². The summed E-state index contributed by atoms with van der Waals surface area (Å²) in [6.45, 7) is 1.59. The Balaban J connectivity index is 2.14. The van der Waals surface area contributed by atoms with E-state index in [9.17, 15) is 9.50 Å². The highest BCUT2D eigenvalue weighted by molar-refractivity contribution is 9.10. The lowest BCUT2D eigenvalue weighted by molar-refractivity contribution is 0.0522. The van der Waals surface area contributed by atoms with Gasteiger partial charge in [-0.05, 0) is 31.2 Å². The molecule has 88 valence electrons. The second-order valence-corrected chi connectivity index (χ2v) is 5.48. The molecule has 1 fully saturated rings. The van der Waals surface area contributed by atoms with Crippen molar-refractivity contribution in [1.29, 1.82) is 0 Å². The number of likely N-dealkylation sites (tertiary alicyclic amines) is 1. The molecule has 4 heteroatoms. The van der Waals surface area contributed by atoms with Gasteiger partial charge in [-0.1, -0.05) is 22.0 Å². The Hall–Kier alpha value is -0.450. The average Bonchev–Trinajstić information content (AvgIpc) is 2.52. The van der Waals surface area contributed by atoms with Gasteiger partial charge in [-0.3, -0.25) is 0 Å². The lowest BCUT2D eigenvalue weighted by Crippen LogP contribution is -2.34. The van der Waals surface area contributed by atoms with Crippen LogP contribution in [0.5, 0.6) is 0 Å². The molecule has 2 rings (SSSR count). The minimum absolute atomic E-state index is 0.258. The van der Waals surface area contributed by atoms with Crippen LogP contribution in [-0.2, 0) is 6.42 Å².